The molecule has 1 fully saturated rings. The molecule has 10 heteroatoms. The van der Waals surface area contributed by atoms with Crippen molar-refractivity contribution in [3.63, 3.8) is 0 Å². The van der Waals surface area contributed by atoms with E-state index in [0.29, 0.717) is 13.0 Å². The van der Waals surface area contributed by atoms with E-state index in [4.69, 9.17) is 5.73 Å². The number of nitrogens with one attached hydrogen (secondary N) is 2. The van der Waals surface area contributed by atoms with Crippen LogP contribution in [0, 0.1) is 0 Å². The van der Waals surface area contributed by atoms with Crippen molar-refractivity contribution >= 4 is 28.9 Å². The van der Waals surface area contributed by atoms with Crippen LogP contribution in [0.5, 0.6) is 0 Å². The second kappa shape index (κ2) is 5.47. The molecule has 2 aromatic heterocycles. The number of hydrogen-bond acceptors (Lipinski definition) is 6. The molecule has 0 unspecified atom stereocenters. The molecular weight excluding hydrogens is 290 g/mol. The fourth-order valence-electron chi connectivity index (χ4n) is 2.35. The highest BCUT2D eigenvalue weighted by atomic mass is 16.2. The summed E-state index contributed by atoms with van der Waals surface area (Å²) in [7, 11) is 0. The van der Waals surface area contributed by atoms with Gasteiger partial charge in [0.05, 0.1) is 13.0 Å². The Bertz CT molecular complexity index is 794. The summed E-state index contributed by atoms with van der Waals surface area (Å²) in [5.41, 5.74) is 5.40. The van der Waals surface area contributed by atoms with E-state index >= 15 is 0 Å². The third-order valence-corrected chi connectivity index (χ3v) is 3.45. The molecule has 3 rings (SSSR count). The number of anilines is 1. The molecule has 0 aromatic carbocycles. The maximum Gasteiger partial charge on any atom is 0.280 e. The van der Waals surface area contributed by atoms with Crippen molar-refractivity contribution in [2.24, 2.45) is 0 Å². The number of nitrogen functional groups attached to an aromatic ring is 1. The van der Waals surface area contributed by atoms with Gasteiger partial charge in [-0.15, -0.1) is 0 Å². The predicted molar refractivity (Wildman–Crippen MR) is 76.5 cm³/mol. The van der Waals surface area contributed by atoms with E-state index in [-0.39, 0.29) is 42.1 Å². The maximum atomic E-state index is 11.9. The van der Waals surface area contributed by atoms with Crippen LogP contribution in [0.15, 0.2) is 11.1 Å². The van der Waals surface area contributed by atoms with Crippen molar-refractivity contribution < 1.29 is 9.59 Å². The minimum Gasteiger partial charge on any atom is -0.369 e. The Labute approximate surface area is 124 Å². The van der Waals surface area contributed by atoms with Crippen molar-refractivity contribution in [1.82, 2.24) is 29.7 Å². The number of nitrogens with two attached hydrogens (primary N) is 1. The molecule has 2 amide bonds. The number of carbonyl (C=O) groups excluding carboxylic acids is 2. The molecule has 1 aliphatic heterocycles. The van der Waals surface area contributed by atoms with Crippen molar-refractivity contribution in [2.75, 3.05) is 18.9 Å². The van der Waals surface area contributed by atoms with Gasteiger partial charge in [0.25, 0.3) is 5.56 Å². The van der Waals surface area contributed by atoms with E-state index in [1.165, 1.54) is 10.9 Å². The lowest BCUT2D eigenvalue weighted by atomic mass is 10.4. The summed E-state index contributed by atoms with van der Waals surface area (Å²) in [6.07, 6.45) is 2.69. The molecule has 4 N–H and O–H groups in total. The Morgan fingerprint density at radius 1 is 1.45 bits per heavy atom. The molecule has 10 nitrogen and oxygen atoms in total. The molecule has 2 aromatic rings. The van der Waals surface area contributed by atoms with Gasteiger partial charge in [-0.2, -0.15) is 4.98 Å². The first-order chi connectivity index (χ1) is 10.5. The largest absolute Gasteiger partial charge is 0.369 e. The summed E-state index contributed by atoms with van der Waals surface area (Å²) in [5.74, 6) is -0.309. The van der Waals surface area contributed by atoms with Crippen LogP contribution in [0.4, 0.5) is 5.95 Å². The van der Waals surface area contributed by atoms with Crippen LogP contribution in [-0.4, -0.2) is 49.4 Å². The van der Waals surface area contributed by atoms with Crippen LogP contribution in [0.1, 0.15) is 12.8 Å². The Kier molecular flexibility index (Phi) is 3.49. The van der Waals surface area contributed by atoms with Crippen LogP contribution in [-0.2, 0) is 16.1 Å². The number of likely N-dealkylation sites (tertiary alicyclic amines) is 1. The van der Waals surface area contributed by atoms with Crippen molar-refractivity contribution in [1.29, 1.82) is 0 Å². The van der Waals surface area contributed by atoms with Crippen LogP contribution in [0.2, 0.25) is 0 Å². The molecular formula is C12H15N7O3. The average Bonchev–Trinajstić information content (AvgIpc) is 3.04. The molecule has 0 spiro atoms. The SMILES string of the molecule is Nc1nc2c(ncn2CC(=O)NCN2CCCC2=O)c(=O)[nH]1. The standard InChI is InChI=1S/C12H15N7O3/c13-12-16-10-9(11(22)17-12)15-6-19(10)4-7(20)14-5-18-3-1-2-8(18)21/h6H,1-5H2,(H,14,20)(H3,13,16,17,22). The third-order valence-electron chi connectivity index (χ3n) is 3.45. The number of aromatic nitrogens is 4. The average molecular weight is 305 g/mol. The molecule has 22 heavy (non-hydrogen) atoms. The highest BCUT2D eigenvalue weighted by molar-refractivity contribution is 5.80. The highest BCUT2D eigenvalue weighted by Gasteiger charge is 2.20. The minimum atomic E-state index is -0.454. The highest BCUT2D eigenvalue weighted by Crippen LogP contribution is 2.08. The molecule has 1 saturated heterocycles. The lowest BCUT2D eigenvalue weighted by Crippen LogP contribution is -2.39. The Morgan fingerprint density at radius 2 is 2.27 bits per heavy atom. The van der Waals surface area contributed by atoms with Crippen molar-refractivity contribution in [3.8, 4) is 0 Å². The lowest BCUT2D eigenvalue weighted by molar-refractivity contribution is -0.129. The summed E-state index contributed by atoms with van der Waals surface area (Å²) in [4.78, 5) is 46.9. The summed E-state index contributed by atoms with van der Waals surface area (Å²) < 4.78 is 1.43. The summed E-state index contributed by atoms with van der Waals surface area (Å²) in [6, 6.07) is 0. The van der Waals surface area contributed by atoms with Crippen LogP contribution in [0.25, 0.3) is 11.2 Å². The summed E-state index contributed by atoms with van der Waals surface area (Å²) >= 11 is 0. The fourth-order valence-corrected chi connectivity index (χ4v) is 2.35. The number of nitrogens with zero attached hydrogens (tertiary/aromatic N) is 4. The number of amides is 2. The van der Waals surface area contributed by atoms with Crippen molar-refractivity contribution in [3.05, 3.63) is 16.7 Å². The molecule has 0 radical (unpaired) electrons. The van der Waals surface area contributed by atoms with Gasteiger partial charge in [-0.05, 0) is 6.42 Å². The Morgan fingerprint density at radius 3 is 3.00 bits per heavy atom. The van der Waals surface area contributed by atoms with Gasteiger partial charge < -0.3 is 20.5 Å². The van der Waals surface area contributed by atoms with E-state index in [1.807, 2.05) is 0 Å². The molecule has 0 saturated carbocycles. The Hall–Kier alpha value is -2.91. The van der Waals surface area contributed by atoms with Gasteiger partial charge in [0, 0.05) is 13.0 Å². The number of hydrogen-bond donors (Lipinski definition) is 3. The van der Waals surface area contributed by atoms with Gasteiger partial charge in [-0.25, -0.2) is 4.98 Å². The first kappa shape index (κ1) is 14.0. The zero-order chi connectivity index (χ0) is 15.7. The normalized spacial score (nSPS) is 14.7. The number of aromatic amines is 1. The fraction of sp³-hybridized carbons (Fsp3) is 0.417. The predicted octanol–water partition coefficient (Wildman–Crippen LogP) is -1.60. The third kappa shape index (κ3) is 2.62. The number of imidazole rings is 1. The van der Waals surface area contributed by atoms with E-state index in [0.717, 1.165) is 6.42 Å². The molecule has 3 heterocycles. The first-order valence-electron chi connectivity index (χ1n) is 6.79. The van der Waals surface area contributed by atoms with Crippen molar-refractivity contribution in [2.45, 2.75) is 19.4 Å². The summed E-state index contributed by atoms with van der Waals surface area (Å²) in [5, 5.41) is 2.66. The maximum absolute atomic E-state index is 11.9. The van der Waals surface area contributed by atoms with E-state index in [1.54, 1.807) is 4.90 Å². The number of carbonyl (C=O) groups is 2. The molecule has 116 valence electrons. The second-order valence-electron chi connectivity index (χ2n) is 5.01. The zero-order valence-corrected chi connectivity index (χ0v) is 11.7. The van der Waals surface area contributed by atoms with E-state index in [2.05, 4.69) is 20.3 Å². The molecule has 1 aliphatic rings. The van der Waals surface area contributed by atoms with E-state index < -0.39 is 5.56 Å². The Balaban J connectivity index is 1.69. The molecule has 0 atom stereocenters. The van der Waals surface area contributed by atoms with Gasteiger partial charge >= 0.3 is 0 Å². The zero-order valence-electron chi connectivity index (χ0n) is 11.7. The lowest BCUT2D eigenvalue weighted by Gasteiger charge is -2.16. The number of H-pyrrole nitrogens is 1. The smallest absolute Gasteiger partial charge is 0.280 e. The monoisotopic (exact) mass is 305 g/mol. The molecule has 0 aliphatic carbocycles. The quantitative estimate of drug-likeness (QED) is 0.621. The molecule has 0 bridgehead atoms. The van der Waals surface area contributed by atoms with Crippen LogP contribution >= 0.6 is 0 Å². The van der Waals surface area contributed by atoms with Gasteiger partial charge in [0.15, 0.2) is 11.2 Å². The van der Waals surface area contributed by atoms with Gasteiger partial charge in [0.2, 0.25) is 17.8 Å². The van der Waals surface area contributed by atoms with Gasteiger partial charge in [-0.1, -0.05) is 0 Å². The summed E-state index contributed by atoms with van der Waals surface area (Å²) in [6.45, 7) is 0.773. The second-order valence-corrected chi connectivity index (χ2v) is 5.01. The van der Waals surface area contributed by atoms with Gasteiger partial charge in [-0.3, -0.25) is 19.4 Å². The first-order valence-corrected chi connectivity index (χ1v) is 6.79. The van der Waals surface area contributed by atoms with E-state index in [9.17, 15) is 14.4 Å². The topological polar surface area (TPSA) is 139 Å². The van der Waals surface area contributed by atoms with Crippen LogP contribution < -0.4 is 16.6 Å². The number of rotatable bonds is 4. The number of fused-ring (bicyclic) bond motifs is 1. The van der Waals surface area contributed by atoms with Crippen LogP contribution in [0.3, 0.4) is 0 Å². The minimum absolute atomic E-state index is 0.0364. The van der Waals surface area contributed by atoms with Gasteiger partial charge in [0.1, 0.15) is 6.54 Å².